The van der Waals surface area contributed by atoms with Crippen LogP contribution in [0.3, 0.4) is 0 Å². The summed E-state index contributed by atoms with van der Waals surface area (Å²) in [6.45, 7) is 5.97. The van der Waals surface area contributed by atoms with Gasteiger partial charge >= 0.3 is 0 Å². The number of nitrogens with one attached hydrogen (secondary N) is 2. The molecule has 0 radical (unpaired) electrons. The Morgan fingerprint density at radius 3 is 3.04 bits per heavy atom. The van der Waals surface area contributed by atoms with Crippen molar-refractivity contribution in [1.82, 2.24) is 24.9 Å². The molecule has 2 aliphatic rings. The Bertz CT molecular complexity index is 663. The molecule has 2 aromatic heterocycles. The van der Waals surface area contributed by atoms with Crippen LogP contribution in [0.25, 0.3) is 4.96 Å². The van der Waals surface area contributed by atoms with Crippen LogP contribution in [0, 0.1) is 0 Å². The molecule has 0 spiro atoms. The van der Waals surface area contributed by atoms with E-state index in [0.29, 0.717) is 12.6 Å². The van der Waals surface area contributed by atoms with Gasteiger partial charge in [0.15, 0.2) is 10.9 Å². The molecule has 1 saturated carbocycles. The first kappa shape index (κ1) is 17.9. The van der Waals surface area contributed by atoms with Gasteiger partial charge in [-0.3, -0.25) is 9.30 Å². The molecule has 1 unspecified atom stereocenters. The van der Waals surface area contributed by atoms with Crippen molar-refractivity contribution in [2.24, 2.45) is 4.99 Å². The molecule has 24 heavy (non-hydrogen) atoms. The molecular weight excluding hydrogens is 435 g/mol. The summed E-state index contributed by atoms with van der Waals surface area (Å²) in [7, 11) is 0. The number of imidazole rings is 1. The first-order chi connectivity index (χ1) is 11.3. The standard InChI is InChI=1S/C16H24N6S.HI/c1-2-17-15(19-12-5-6-21(10-12)14-3-4-14)18-9-13-11-22-7-8-23-16(22)20-13;/h7-8,11-12,14H,2-6,9-10H2,1H3,(H2,17,18,19);1H. The highest BCUT2D eigenvalue weighted by molar-refractivity contribution is 14.0. The fraction of sp³-hybridized carbons (Fsp3) is 0.625. The molecule has 2 aromatic rings. The lowest BCUT2D eigenvalue weighted by Gasteiger charge is -2.18. The van der Waals surface area contributed by atoms with E-state index in [1.807, 2.05) is 11.6 Å². The van der Waals surface area contributed by atoms with Crippen molar-refractivity contribution in [3.05, 3.63) is 23.5 Å². The van der Waals surface area contributed by atoms with E-state index in [0.717, 1.165) is 35.7 Å². The number of hydrogen-bond donors (Lipinski definition) is 2. The van der Waals surface area contributed by atoms with Gasteiger partial charge in [-0.2, -0.15) is 0 Å². The fourth-order valence-corrected chi connectivity index (χ4v) is 3.92. The topological polar surface area (TPSA) is 57.0 Å². The van der Waals surface area contributed by atoms with E-state index in [-0.39, 0.29) is 24.0 Å². The van der Waals surface area contributed by atoms with E-state index in [4.69, 9.17) is 4.99 Å². The summed E-state index contributed by atoms with van der Waals surface area (Å²) in [6.07, 6.45) is 8.08. The average molecular weight is 460 g/mol. The summed E-state index contributed by atoms with van der Waals surface area (Å²) in [5.74, 6) is 0.909. The van der Waals surface area contributed by atoms with Crippen molar-refractivity contribution in [2.45, 2.75) is 44.8 Å². The van der Waals surface area contributed by atoms with Gasteiger partial charge in [-0.25, -0.2) is 9.98 Å². The molecule has 3 heterocycles. The predicted octanol–water partition coefficient (Wildman–Crippen LogP) is 2.31. The summed E-state index contributed by atoms with van der Waals surface area (Å²) in [5.41, 5.74) is 1.01. The van der Waals surface area contributed by atoms with Crippen LogP contribution < -0.4 is 10.6 Å². The van der Waals surface area contributed by atoms with Crippen LogP contribution in [0.5, 0.6) is 0 Å². The Morgan fingerprint density at radius 2 is 2.29 bits per heavy atom. The largest absolute Gasteiger partial charge is 0.357 e. The smallest absolute Gasteiger partial charge is 0.193 e. The number of halogens is 1. The summed E-state index contributed by atoms with van der Waals surface area (Å²) < 4.78 is 2.06. The van der Waals surface area contributed by atoms with Crippen molar-refractivity contribution in [1.29, 1.82) is 0 Å². The normalized spacial score (nSPS) is 21.9. The van der Waals surface area contributed by atoms with Crippen LogP contribution >= 0.6 is 35.3 Å². The monoisotopic (exact) mass is 460 g/mol. The van der Waals surface area contributed by atoms with Gasteiger partial charge in [0.2, 0.25) is 0 Å². The molecule has 1 atom stereocenters. The quantitative estimate of drug-likeness (QED) is 0.409. The predicted molar refractivity (Wildman–Crippen MR) is 109 cm³/mol. The van der Waals surface area contributed by atoms with Gasteiger partial charge in [-0.15, -0.1) is 35.3 Å². The van der Waals surface area contributed by atoms with Gasteiger partial charge in [0.25, 0.3) is 0 Å². The molecule has 0 bridgehead atoms. The zero-order valence-corrected chi connectivity index (χ0v) is 17.1. The lowest BCUT2D eigenvalue weighted by Crippen LogP contribution is -2.44. The van der Waals surface area contributed by atoms with Gasteiger partial charge in [-0.05, 0) is 26.2 Å². The van der Waals surface area contributed by atoms with Crippen molar-refractivity contribution < 1.29 is 0 Å². The molecule has 0 aromatic carbocycles. The Labute approximate surface area is 163 Å². The maximum Gasteiger partial charge on any atom is 0.193 e. The lowest BCUT2D eigenvalue weighted by molar-refractivity contribution is 0.321. The molecule has 6 nitrogen and oxygen atoms in total. The van der Waals surface area contributed by atoms with Crippen molar-refractivity contribution in [3.63, 3.8) is 0 Å². The Kier molecular flexibility index (Phi) is 5.98. The van der Waals surface area contributed by atoms with Gasteiger partial charge in [0, 0.05) is 49.5 Å². The number of hydrogen-bond acceptors (Lipinski definition) is 4. The number of aliphatic imine (C=N–C) groups is 1. The molecule has 1 aliphatic heterocycles. The average Bonchev–Trinajstić information content (AvgIpc) is 2.94. The van der Waals surface area contributed by atoms with E-state index in [2.05, 4.69) is 38.0 Å². The highest BCUT2D eigenvalue weighted by Crippen LogP contribution is 2.29. The number of guanidine groups is 1. The number of rotatable bonds is 5. The Hall–Kier alpha value is -0.870. The second-order valence-corrected chi connectivity index (χ2v) is 7.25. The van der Waals surface area contributed by atoms with E-state index in [1.54, 1.807) is 11.3 Å². The number of fused-ring (bicyclic) bond motifs is 1. The zero-order chi connectivity index (χ0) is 15.6. The van der Waals surface area contributed by atoms with Crippen LogP contribution in [0.1, 0.15) is 31.9 Å². The zero-order valence-electron chi connectivity index (χ0n) is 13.9. The van der Waals surface area contributed by atoms with E-state index in [9.17, 15) is 0 Å². The summed E-state index contributed by atoms with van der Waals surface area (Å²) >= 11 is 1.65. The van der Waals surface area contributed by atoms with Gasteiger partial charge in [0.05, 0.1) is 12.2 Å². The second kappa shape index (κ2) is 8.01. The minimum absolute atomic E-state index is 0. The number of thiazole rings is 1. The van der Waals surface area contributed by atoms with Crippen LogP contribution in [0.4, 0.5) is 0 Å². The molecule has 2 N–H and O–H groups in total. The highest BCUT2D eigenvalue weighted by atomic mass is 127. The third kappa shape index (κ3) is 4.20. The molecule has 8 heteroatoms. The molecule has 1 aliphatic carbocycles. The first-order valence-electron chi connectivity index (χ1n) is 8.52. The van der Waals surface area contributed by atoms with E-state index >= 15 is 0 Å². The first-order valence-corrected chi connectivity index (χ1v) is 9.40. The van der Waals surface area contributed by atoms with E-state index in [1.165, 1.54) is 25.8 Å². The Morgan fingerprint density at radius 1 is 1.42 bits per heavy atom. The lowest BCUT2D eigenvalue weighted by atomic mass is 10.3. The van der Waals surface area contributed by atoms with Crippen molar-refractivity contribution in [3.8, 4) is 0 Å². The van der Waals surface area contributed by atoms with Crippen molar-refractivity contribution in [2.75, 3.05) is 19.6 Å². The third-order valence-corrected chi connectivity index (χ3v) is 5.28. The maximum atomic E-state index is 4.71. The minimum atomic E-state index is 0. The Balaban J connectivity index is 0.00000169. The fourth-order valence-electron chi connectivity index (χ4n) is 3.20. The second-order valence-electron chi connectivity index (χ2n) is 6.38. The highest BCUT2D eigenvalue weighted by Gasteiger charge is 2.34. The van der Waals surface area contributed by atoms with Gasteiger partial charge < -0.3 is 10.6 Å². The van der Waals surface area contributed by atoms with Crippen molar-refractivity contribution >= 4 is 46.2 Å². The number of nitrogens with zero attached hydrogens (tertiary/aromatic N) is 4. The molecule has 132 valence electrons. The molecule has 0 amide bonds. The van der Waals surface area contributed by atoms with Crippen LogP contribution in [0.15, 0.2) is 22.8 Å². The third-order valence-electron chi connectivity index (χ3n) is 4.51. The number of aromatic nitrogens is 2. The van der Waals surface area contributed by atoms with Crippen LogP contribution in [-0.4, -0.2) is 52.0 Å². The van der Waals surface area contributed by atoms with Gasteiger partial charge in [0.1, 0.15) is 0 Å². The number of likely N-dealkylation sites (tertiary alicyclic amines) is 1. The van der Waals surface area contributed by atoms with E-state index < -0.39 is 0 Å². The summed E-state index contributed by atoms with van der Waals surface area (Å²) in [6, 6.07) is 1.37. The maximum absolute atomic E-state index is 4.71. The summed E-state index contributed by atoms with van der Waals surface area (Å²) in [5, 5.41) is 9.00. The molecule has 2 fully saturated rings. The molecule has 4 rings (SSSR count). The molecule has 1 saturated heterocycles. The van der Waals surface area contributed by atoms with Crippen LogP contribution in [0.2, 0.25) is 0 Å². The SMILES string of the molecule is CCNC(=NCc1cn2ccsc2n1)NC1CCN(C2CC2)C1.I. The molecular formula is C16H25IN6S. The minimum Gasteiger partial charge on any atom is -0.357 e. The summed E-state index contributed by atoms with van der Waals surface area (Å²) in [4.78, 5) is 13.0. The van der Waals surface area contributed by atoms with Crippen LogP contribution in [-0.2, 0) is 6.54 Å². The van der Waals surface area contributed by atoms with Gasteiger partial charge in [-0.1, -0.05) is 0 Å².